The molecule has 1 saturated carbocycles. The summed E-state index contributed by atoms with van der Waals surface area (Å²) in [4.78, 5) is 10.8. The summed E-state index contributed by atoms with van der Waals surface area (Å²) in [6.07, 6.45) is 14.2. The van der Waals surface area contributed by atoms with Gasteiger partial charge < -0.3 is 19.7 Å². The van der Waals surface area contributed by atoms with Crippen LogP contribution in [-0.4, -0.2) is 28.9 Å². The van der Waals surface area contributed by atoms with Gasteiger partial charge in [-0.1, -0.05) is 58.6 Å². The number of rotatable bonds is 12. The normalized spacial score (nSPS) is 35.2. The highest BCUT2D eigenvalue weighted by atomic mass is 16.5. The number of ether oxygens (including phenoxy) is 1. The van der Waals surface area contributed by atoms with E-state index >= 15 is 0 Å². The first-order valence-corrected chi connectivity index (χ1v) is 13.2. The van der Waals surface area contributed by atoms with Crippen LogP contribution < -0.4 is 5.11 Å². The Morgan fingerprint density at radius 3 is 2.56 bits per heavy atom. The molecule has 4 heteroatoms. The molecule has 0 spiro atoms. The zero-order valence-electron chi connectivity index (χ0n) is 21.6. The quantitative estimate of drug-likeness (QED) is 0.390. The first kappa shape index (κ1) is 27.4. The lowest BCUT2D eigenvalue weighted by molar-refractivity contribution is -0.311. The summed E-state index contributed by atoms with van der Waals surface area (Å²) < 4.78 is 6.71. The average molecular weight is 450 g/mol. The van der Waals surface area contributed by atoms with Crippen molar-refractivity contribution in [2.45, 2.75) is 130 Å². The van der Waals surface area contributed by atoms with Gasteiger partial charge in [-0.3, -0.25) is 0 Å². The van der Waals surface area contributed by atoms with Crippen LogP contribution >= 0.6 is 0 Å². The maximum Gasteiger partial charge on any atom is 0.0658 e. The summed E-state index contributed by atoms with van der Waals surface area (Å²) in [5, 5.41) is 21.1. The monoisotopic (exact) mass is 449 g/mol. The number of carboxylic acids is 1. The Morgan fingerprint density at radius 1 is 1.19 bits per heavy atom. The maximum absolute atomic E-state index is 10.8. The molecule has 0 radical (unpaired) electrons. The van der Waals surface area contributed by atoms with Crippen molar-refractivity contribution in [1.29, 1.82) is 0 Å². The van der Waals surface area contributed by atoms with Crippen molar-refractivity contribution in [3.8, 4) is 0 Å². The Balaban J connectivity index is 1.64. The fourth-order valence-electron chi connectivity index (χ4n) is 5.78. The van der Waals surface area contributed by atoms with Crippen LogP contribution in [0.25, 0.3) is 0 Å². The van der Waals surface area contributed by atoms with E-state index < -0.39 is 5.97 Å². The third-order valence-electron chi connectivity index (χ3n) is 8.59. The molecule has 32 heavy (non-hydrogen) atoms. The molecule has 0 aromatic rings. The van der Waals surface area contributed by atoms with E-state index in [1.807, 2.05) is 0 Å². The summed E-state index contributed by atoms with van der Waals surface area (Å²) >= 11 is 0. The summed E-state index contributed by atoms with van der Waals surface area (Å²) in [5.74, 6) is 0.708. The zero-order valence-corrected chi connectivity index (χ0v) is 21.6. The van der Waals surface area contributed by atoms with E-state index in [1.165, 1.54) is 37.7 Å². The number of aliphatic hydroxyl groups excluding tert-OH is 1. The Hall–Kier alpha value is -0.870. The molecule has 0 aromatic carbocycles. The molecule has 0 aromatic heterocycles. The molecule has 1 N–H and O–H groups in total. The van der Waals surface area contributed by atoms with Crippen LogP contribution in [0, 0.1) is 29.6 Å². The molecule has 1 heterocycles. The van der Waals surface area contributed by atoms with E-state index in [0.29, 0.717) is 30.3 Å². The lowest BCUT2D eigenvalue weighted by atomic mass is 9.67. The third kappa shape index (κ3) is 8.17. The first-order chi connectivity index (χ1) is 15.0. The van der Waals surface area contributed by atoms with Crippen LogP contribution in [0.4, 0.5) is 0 Å². The minimum atomic E-state index is -0.946. The highest BCUT2D eigenvalue weighted by molar-refractivity contribution is 5.66. The molecule has 2 aliphatic rings. The predicted molar refractivity (Wildman–Crippen MR) is 129 cm³/mol. The summed E-state index contributed by atoms with van der Waals surface area (Å²) in [6.45, 7) is 13.0. The van der Waals surface area contributed by atoms with Crippen LogP contribution in [0.3, 0.4) is 0 Å². The van der Waals surface area contributed by atoms with Crippen molar-refractivity contribution in [1.82, 2.24) is 0 Å². The summed E-state index contributed by atoms with van der Waals surface area (Å²) in [5.41, 5.74) is 1.38. The van der Waals surface area contributed by atoms with Gasteiger partial charge in [-0.05, 0) is 94.8 Å². The zero-order chi connectivity index (χ0) is 23.9. The number of hydrogen-bond acceptors (Lipinski definition) is 4. The molecule has 1 saturated heterocycles. The van der Waals surface area contributed by atoms with Crippen molar-refractivity contribution >= 4 is 5.97 Å². The lowest BCUT2D eigenvalue weighted by Crippen LogP contribution is -2.52. The highest BCUT2D eigenvalue weighted by Crippen LogP contribution is 2.46. The van der Waals surface area contributed by atoms with E-state index in [0.717, 1.165) is 38.0 Å². The number of carboxylic acid groups (broad SMARTS) is 1. The molecule has 8 unspecified atom stereocenters. The second-order valence-corrected chi connectivity index (χ2v) is 11.6. The van der Waals surface area contributed by atoms with Gasteiger partial charge in [0, 0.05) is 5.97 Å². The van der Waals surface area contributed by atoms with Gasteiger partial charge >= 0.3 is 0 Å². The Morgan fingerprint density at radius 2 is 1.88 bits per heavy atom. The largest absolute Gasteiger partial charge is 0.550 e. The lowest BCUT2D eigenvalue weighted by Gasteiger charge is -2.51. The van der Waals surface area contributed by atoms with E-state index in [1.54, 1.807) is 6.92 Å². The van der Waals surface area contributed by atoms with Crippen molar-refractivity contribution in [2.75, 3.05) is 0 Å². The molecule has 2 fully saturated rings. The van der Waals surface area contributed by atoms with Crippen LogP contribution in [0.2, 0.25) is 0 Å². The molecular weight excluding hydrogens is 400 g/mol. The van der Waals surface area contributed by atoms with Crippen molar-refractivity contribution in [3.63, 3.8) is 0 Å². The molecule has 0 amide bonds. The van der Waals surface area contributed by atoms with Gasteiger partial charge in [0.1, 0.15) is 0 Å². The number of carbonyl (C=O) groups is 1. The third-order valence-corrected chi connectivity index (χ3v) is 8.59. The molecule has 0 bridgehead atoms. The van der Waals surface area contributed by atoms with E-state index in [9.17, 15) is 15.0 Å². The predicted octanol–water partition coefficient (Wildman–Crippen LogP) is 5.67. The molecular formula is C28H49O4-. The van der Waals surface area contributed by atoms with Gasteiger partial charge in [-0.2, -0.15) is 0 Å². The Bertz CT molecular complexity index is 613. The smallest absolute Gasteiger partial charge is 0.0658 e. The van der Waals surface area contributed by atoms with Crippen LogP contribution in [0.5, 0.6) is 0 Å². The number of aliphatic carboxylic acids is 1. The van der Waals surface area contributed by atoms with Gasteiger partial charge in [0.25, 0.3) is 0 Å². The number of allylic oxidation sites excluding steroid dienone is 2. The standard InChI is InChI=1S/C28H50O4/c1-19(12-8-14-21(3)27(30)31)10-7-11-20(2)13-9-16-28(6)17-15-24-18-25(29)22(4)23(5)26(24)32-28/h12,20-26,29H,7-11,13-18H2,1-6H3,(H,30,31)/p-1/b19-12+. The second-order valence-electron chi connectivity index (χ2n) is 11.6. The summed E-state index contributed by atoms with van der Waals surface area (Å²) in [6, 6.07) is 0. The Kier molecular flexibility index (Phi) is 10.7. The van der Waals surface area contributed by atoms with Gasteiger partial charge in [-0.25, -0.2) is 0 Å². The number of aliphatic hydroxyl groups is 1. The molecule has 1 aliphatic heterocycles. The molecule has 186 valence electrons. The van der Waals surface area contributed by atoms with E-state index in [-0.39, 0.29) is 17.6 Å². The molecule has 1 aliphatic carbocycles. The fraction of sp³-hybridized carbons (Fsp3) is 0.893. The minimum absolute atomic E-state index is 0.000899. The van der Waals surface area contributed by atoms with E-state index in [2.05, 4.69) is 40.7 Å². The average Bonchev–Trinajstić information content (AvgIpc) is 2.72. The van der Waals surface area contributed by atoms with Crippen molar-refractivity contribution in [3.05, 3.63) is 11.6 Å². The second kappa shape index (κ2) is 12.6. The molecule has 4 nitrogen and oxygen atoms in total. The van der Waals surface area contributed by atoms with Gasteiger partial charge in [0.15, 0.2) is 0 Å². The number of fused-ring (bicyclic) bond motifs is 1. The van der Waals surface area contributed by atoms with Crippen LogP contribution in [0.1, 0.15) is 112 Å². The van der Waals surface area contributed by atoms with Gasteiger partial charge in [0.05, 0.1) is 17.8 Å². The van der Waals surface area contributed by atoms with Crippen molar-refractivity contribution in [2.24, 2.45) is 29.6 Å². The fourth-order valence-corrected chi connectivity index (χ4v) is 5.78. The summed E-state index contributed by atoms with van der Waals surface area (Å²) in [7, 11) is 0. The first-order valence-electron chi connectivity index (χ1n) is 13.2. The number of hydrogen-bond donors (Lipinski definition) is 1. The minimum Gasteiger partial charge on any atom is -0.550 e. The van der Waals surface area contributed by atoms with Crippen molar-refractivity contribution < 1.29 is 19.7 Å². The topological polar surface area (TPSA) is 69.6 Å². The molecule has 8 atom stereocenters. The van der Waals surface area contributed by atoms with Gasteiger partial charge in [-0.15, -0.1) is 0 Å². The maximum atomic E-state index is 10.8. The molecule has 2 rings (SSSR count). The van der Waals surface area contributed by atoms with Crippen LogP contribution in [-0.2, 0) is 9.53 Å². The van der Waals surface area contributed by atoms with E-state index in [4.69, 9.17) is 4.74 Å². The number of carbonyl (C=O) groups excluding carboxylic acids is 1. The SMILES string of the molecule is C/C(=C\CCC(C)C(=O)[O-])CCCC(C)CCCC1(C)CCC2CC(O)C(C)C(C)C2O1. The Labute approximate surface area is 197 Å². The van der Waals surface area contributed by atoms with Gasteiger partial charge in [0.2, 0.25) is 0 Å². The highest BCUT2D eigenvalue weighted by Gasteiger charge is 2.46. The van der Waals surface area contributed by atoms with Crippen LogP contribution in [0.15, 0.2) is 11.6 Å².